The third-order valence-corrected chi connectivity index (χ3v) is 7.26. The van der Waals surface area contributed by atoms with Crippen LogP contribution in [0.1, 0.15) is 35.4 Å². The molecule has 1 aliphatic carbocycles. The van der Waals surface area contributed by atoms with Crippen molar-refractivity contribution in [1.82, 2.24) is 9.62 Å². The summed E-state index contributed by atoms with van der Waals surface area (Å²) in [4.78, 5) is 12.8. The predicted molar refractivity (Wildman–Crippen MR) is 85.3 cm³/mol. The molecular formula is C14H21N3O3S2. The van der Waals surface area contributed by atoms with E-state index in [2.05, 4.69) is 5.32 Å². The summed E-state index contributed by atoms with van der Waals surface area (Å²) in [6.07, 6.45) is 3.90. The summed E-state index contributed by atoms with van der Waals surface area (Å²) in [5, 5.41) is 4.56. The minimum atomic E-state index is -3.57. The highest BCUT2D eigenvalue weighted by atomic mass is 32.2. The second kappa shape index (κ2) is 6.27. The first-order valence-electron chi connectivity index (χ1n) is 7.62. The summed E-state index contributed by atoms with van der Waals surface area (Å²) in [6.45, 7) is 1.45. The van der Waals surface area contributed by atoms with Crippen molar-refractivity contribution in [2.75, 3.05) is 19.6 Å². The van der Waals surface area contributed by atoms with Crippen LogP contribution >= 0.6 is 11.3 Å². The number of nitrogens with one attached hydrogen (secondary N) is 1. The number of nitrogens with zero attached hydrogens (tertiary/aromatic N) is 1. The summed E-state index contributed by atoms with van der Waals surface area (Å²) < 4.78 is 26.8. The minimum Gasteiger partial charge on any atom is -0.347 e. The molecule has 1 saturated carbocycles. The number of amides is 1. The van der Waals surface area contributed by atoms with Crippen molar-refractivity contribution in [1.29, 1.82) is 0 Å². The van der Waals surface area contributed by atoms with Crippen molar-refractivity contribution in [3.8, 4) is 0 Å². The SMILES string of the molecule is NCC(NC(=O)c1sccc1S(=O)(=O)N1CCCC1)C1CC1. The minimum absolute atomic E-state index is 0.0584. The van der Waals surface area contributed by atoms with E-state index in [0.29, 0.717) is 25.6 Å². The Hall–Kier alpha value is -0.960. The molecule has 2 aliphatic rings. The van der Waals surface area contributed by atoms with Crippen LogP contribution in [0.2, 0.25) is 0 Å². The maximum absolute atomic E-state index is 12.7. The van der Waals surface area contributed by atoms with Gasteiger partial charge in [0.2, 0.25) is 10.0 Å². The monoisotopic (exact) mass is 343 g/mol. The predicted octanol–water partition coefficient (Wildman–Crippen LogP) is 1.000. The Labute approximate surface area is 134 Å². The number of carbonyl (C=O) groups is 1. The highest BCUT2D eigenvalue weighted by molar-refractivity contribution is 7.89. The molecule has 22 heavy (non-hydrogen) atoms. The van der Waals surface area contributed by atoms with E-state index in [1.807, 2.05) is 0 Å². The molecule has 0 bridgehead atoms. The second-order valence-corrected chi connectivity index (χ2v) is 8.70. The van der Waals surface area contributed by atoms with Crippen LogP contribution in [0.15, 0.2) is 16.3 Å². The molecule has 1 aromatic heterocycles. The molecule has 1 atom stereocenters. The highest BCUT2D eigenvalue weighted by Gasteiger charge is 2.35. The molecule has 3 N–H and O–H groups in total. The van der Waals surface area contributed by atoms with Crippen molar-refractivity contribution in [3.05, 3.63) is 16.3 Å². The number of sulfonamides is 1. The van der Waals surface area contributed by atoms with Crippen LogP contribution < -0.4 is 11.1 Å². The lowest BCUT2D eigenvalue weighted by molar-refractivity contribution is 0.0934. The first-order valence-corrected chi connectivity index (χ1v) is 9.94. The van der Waals surface area contributed by atoms with E-state index < -0.39 is 10.0 Å². The topological polar surface area (TPSA) is 92.5 Å². The lowest BCUT2D eigenvalue weighted by Crippen LogP contribution is -2.42. The molecule has 122 valence electrons. The normalized spacial score (nSPS) is 21.0. The van der Waals surface area contributed by atoms with Crippen LogP contribution in [-0.4, -0.2) is 44.3 Å². The van der Waals surface area contributed by atoms with Crippen LogP contribution in [0, 0.1) is 5.92 Å². The average Bonchev–Trinajstić information content (AvgIpc) is 3.01. The third-order valence-electron chi connectivity index (χ3n) is 4.28. The lowest BCUT2D eigenvalue weighted by atomic mass is 10.2. The van der Waals surface area contributed by atoms with E-state index >= 15 is 0 Å². The van der Waals surface area contributed by atoms with Gasteiger partial charge in [-0.1, -0.05) is 0 Å². The van der Waals surface area contributed by atoms with Gasteiger partial charge in [-0.15, -0.1) is 11.3 Å². The molecule has 1 unspecified atom stereocenters. The Kier molecular flexibility index (Phi) is 4.54. The standard InChI is InChI=1S/C14H21N3O3S2/c15-9-11(10-3-4-10)16-14(18)13-12(5-8-21-13)22(19,20)17-6-1-2-7-17/h5,8,10-11H,1-4,6-7,9,15H2,(H,16,18). The summed E-state index contributed by atoms with van der Waals surface area (Å²) in [5.74, 6) is 0.114. The van der Waals surface area contributed by atoms with Gasteiger partial charge in [-0.05, 0) is 43.0 Å². The van der Waals surface area contributed by atoms with Gasteiger partial charge in [0.25, 0.3) is 5.91 Å². The lowest BCUT2D eigenvalue weighted by Gasteiger charge is -2.18. The van der Waals surface area contributed by atoms with Crippen LogP contribution in [-0.2, 0) is 10.0 Å². The summed E-state index contributed by atoms with van der Waals surface area (Å²) in [5.41, 5.74) is 5.70. The Morgan fingerprint density at radius 3 is 2.68 bits per heavy atom. The van der Waals surface area contributed by atoms with Crippen molar-refractivity contribution < 1.29 is 13.2 Å². The fraction of sp³-hybridized carbons (Fsp3) is 0.643. The van der Waals surface area contributed by atoms with Crippen LogP contribution in [0.3, 0.4) is 0 Å². The molecule has 1 saturated heterocycles. The quantitative estimate of drug-likeness (QED) is 0.806. The van der Waals surface area contributed by atoms with Gasteiger partial charge in [0.15, 0.2) is 0 Å². The van der Waals surface area contributed by atoms with E-state index in [1.165, 1.54) is 21.7 Å². The third kappa shape index (κ3) is 3.05. The van der Waals surface area contributed by atoms with Crippen molar-refractivity contribution in [2.24, 2.45) is 11.7 Å². The first kappa shape index (κ1) is 15.9. The Balaban J connectivity index is 1.80. The molecule has 1 amide bonds. The number of thiophene rings is 1. The fourth-order valence-corrected chi connectivity index (χ4v) is 5.66. The molecule has 3 rings (SSSR count). The van der Waals surface area contributed by atoms with Gasteiger partial charge in [-0.2, -0.15) is 4.31 Å². The summed E-state index contributed by atoms with van der Waals surface area (Å²) in [7, 11) is -3.57. The highest BCUT2D eigenvalue weighted by Crippen LogP contribution is 2.33. The van der Waals surface area contributed by atoms with Gasteiger partial charge >= 0.3 is 0 Å². The maximum atomic E-state index is 12.7. The zero-order chi connectivity index (χ0) is 15.7. The molecule has 8 heteroatoms. The Bertz CT molecular complexity index is 646. The van der Waals surface area contributed by atoms with E-state index in [4.69, 9.17) is 5.73 Å². The number of rotatable bonds is 6. The van der Waals surface area contributed by atoms with Gasteiger partial charge in [0.1, 0.15) is 9.77 Å². The largest absolute Gasteiger partial charge is 0.347 e. The van der Waals surface area contributed by atoms with Crippen LogP contribution in [0.4, 0.5) is 0 Å². The number of hydrogen-bond donors (Lipinski definition) is 2. The first-order chi connectivity index (χ1) is 10.5. The van der Waals surface area contributed by atoms with Crippen molar-refractivity contribution in [2.45, 2.75) is 36.6 Å². The smallest absolute Gasteiger partial charge is 0.263 e. The number of nitrogens with two attached hydrogens (primary N) is 1. The maximum Gasteiger partial charge on any atom is 0.263 e. The van der Waals surface area contributed by atoms with E-state index in [-0.39, 0.29) is 21.7 Å². The van der Waals surface area contributed by atoms with Crippen LogP contribution in [0.25, 0.3) is 0 Å². The Morgan fingerprint density at radius 2 is 2.09 bits per heavy atom. The molecule has 6 nitrogen and oxygen atoms in total. The van der Waals surface area contributed by atoms with Crippen molar-refractivity contribution >= 4 is 27.3 Å². The molecule has 1 aliphatic heterocycles. The molecule has 0 aromatic carbocycles. The molecule has 1 aromatic rings. The van der Waals surface area contributed by atoms with E-state index in [1.54, 1.807) is 5.38 Å². The fourth-order valence-electron chi connectivity index (χ4n) is 2.84. The molecule has 0 radical (unpaired) electrons. The Morgan fingerprint density at radius 1 is 1.41 bits per heavy atom. The summed E-state index contributed by atoms with van der Waals surface area (Å²) >= 11 is 1.17. The van der Waals surface area contributed by atoms with E-state index in [9.17, 15) is 13.2 Å². The van der Waals surface area contributed by atoms with Gasteiger partial charge in [-0.3, -0.25) is 4.79 Å². The van der Waals surface area contributed by atoms with Gasteiger partial charge in [0, 0.05) is 25.7 Å². The number of hydrogen-bond acceptors (Lipinski definition) is 5. The zero-order valence-corrected chi connectivity index (χ0v) is 14.0. The zero-order valence-electron chi connectivity index (χ0n) is 12.3. The van der Waals surface area contributed by atoms with Crippen molar-refractivity contribution in [3.63, 3.8) is 0 Å². The molecule has 0 spiro atoms. The molecular weight excluding hydrogens is 322 g/mol. The second-order valence-electron chi connectivity index (χ2n) is 5.88. The molecule has 2 fully saturated rings. The van der Waals surface area contributed by atoms with Crippen LogP contribution in [0.5, 0.6) is 0 Å². The van der Waals surface area contributed by atoms with E-state index in [0.717, 1.165) is 25.7 Å². The van der Waals surface area contributed by atoms with Gasteiger partial charge < -0.3 is 11.1 Å². The summed E-state index contributed by atoms with van der Waals surface area (Å²) in [6, 6.07) is 1.47. The van der Waals surface area contributed by atoms with Gasteiger partial charge in [0.05, 0.1) is 0 Å². The average molecular weight is 343 g/mol. The number of carbonyl (C=O) groups excluding carboxylic acids is 1. The van der Waals surface area contributed by atoms with Gasteiger partial charge in [-0.25, -0.2) is 8.42 Å². The molecule has 2 heterocycles.